The molecule has 29 heavy (non-hydrogen) atoms. The number of hydrogen-bond donors (Lipinski definition) is 2. The Balaban J connectivity index is 1.60. The van der Waals surface area contributed by atoms with Crippen molar-refractivity contribution in [2.24, 2.45) is 0 Å². The number of anilines is 1. The number of nitriles is 1. The molecule has 1 fully saturated rings. The molecule has 0 unspecified atom stereocenters. The Morgan fingerprint density at radius 1 is 1.21 bits per heavy atom. The van der Waals surface area contributed by atoms with E-state index in [1.54, 1.807) is 24.4 Å². The van der Waals surface area contributed by atoms with Crippen LogP contribution in [0, 0.1) is 11.3 Å². The van der Waals surface area contributed by atoms with Gasteiger partial charge in [0, 0.05) is 0 Å². The van der Waals surface area contributed by atoms with Crippen LogP contribution in [0.4, 0.5) is 9.80 Å². The number of imide groups is 1. The van der Waals surface area contributed by atoms with Gasteiger partial charge in [0.15, 0.2) is 0 Å². The molecule has 4 amide bonds. The lowest BCUT2D eigenvalue weighted by Crippen LogP contribution is -2.42. The smallest absolute Gasteiger partial charge is 0.319 e. The lowest BCUT2D eigenvalue weighted by atomic mass is 9.88. The zero-order valence-electron chi connectivity index (χ0n) is 15.4. The van der Waals surface area contributed by atoms with E-state index < -0.39 is 29.9 Å². The topological polar surface area (TPSA) is 102 Å². The quantitative estimate of drug-likeness (QED) is 0.652. The molecule has 7 nitrogen and oxygen atoms in total. The van der Waals surface area contributed by atoms with Gasteiger partial charge in [-0.3, -0.25) is 14.5 Å². The molecule has 0 spiro atoms. The molecule has 0 bridgehead atoms. The summed E-state index contributed by atoms with van der Waals surface area (Å²) >= 11 is 1.20. The summed E-state index contributed by atoms with van der Waals surface area (Å²) in [5.74, 6) is -1.05. The minimum atomic E-state index is -1.28. The van der Waals surface area contributed by atoms with Crippen LogP contribution in [0.15, 0.2) is 53.9 Å². The van der Waals surface area contributed by atoms with Gasteiger partial charge in [0.25, 0.3) is 5.91 Å². The summed E-state index contributed by atoms with van der Waals surface area (Å²) in [4.78, 5) is 39.0. The van der Waals surface area contributed by atoms with Crippen LogP contribution in [0.25, 0.3) is 10.8 Å². The second kappa shape index (κ2) is 7.04. The average molecular weight is 404 g/mol. The second-order valence-corrected chi connectivity index (χ2v) is 7.71. The highest BCUT2D eigenvalue weighted by molar-refractivity contribution is 7.14. The molecule has 8 heteroatoms. The third-order valence-corrected chi connectivity index (χ3v) is 5.77. The van der Waals surface area contributed by atoms with Crippen molar-refractivity contribution in [1.29, 1.82) is 5.26 Å². The number of nitrogens with zero attached hydrogens (tertiary/aromatic N) is 2. The number of benzene rings is 2. The van der Waals surface area contributed by atoms with Crippen molar-refractivity contribution in [3.8, 4) is 6.07 Å². The molecule has 0 radical (unpaired) electrons. The molecule has 2 N–H and O–H groups in total. The van der Waals surface area contributed by atoms with E-state index in [4.69, 9.17) is 5.26 Å². The summed E-state index contributed by atoms with van der Waals surface area (Å²) in [6, 6.07) is 16.1. The summed E-state index contributed by atoms with van der Waals surface area (Å²) < 4.78 is 0. The summed E-state index contributed by atoms with van der Waals surface area (Å²) in [5, 5.41) is 18.2. The van der Waals surface area contributed by atoms with Crippen LogP contribution in [0.5, 0.6) is 0 Å². The largest absolute Gasteiger partial charge is 0.325 e. The van der Waals surface area contributed by atoms with Gasteiger partial charge >= 0.3 is 6.03 Å². The van der Waals surface area contributed by atoms with Crippen molar-refractivity contribution in [2.45, 2.75) is 12.5 Å². The van der Waals surface area contributed by atoms with E-state index in [2.05, 4.69) is 10.6 Å². The highest BCUT2D eigenvalue weighted by atomic mass is 32.1. The maximum Gasteiger partial charge on any atom is 0.325 e. The number of fused-ring (bicyclic) bond motifs is 1. The van der Waals surface area contributed by atoms with E-state index in [9.17, 15) is 14.4 Å². The molecule has 2 heterocycles. The Morgan fingerprint density at radius 2 is 1.97 bits per heavy atom. The van der Waals surface area contributed by atoms with E-state index >= 15 is 0 Å². The number of nitrogens with one attached hydrogen (secondary N) is 2. The van der Waals surface area contributed by atoms with Gasteiger partial charge in [-0.25, -0.2) is 4.79 Å². The molecule has 1 atom stereocenters. The van der Waals surface area contributed by atoms with Crippen LogP contribution in [-0.2, 0) is 15.1 Å². The molecular weight excluding hydrogens is 388 g/mol. The van der Waals surface area contributed by atoms with Gasteiger partial charge in [0.2, 0.25) is 5.91 Å². The Morgan fingerprint density at radius 3 is 2.76 bits per heavy atom. The van der Waals surface area contributed by atoms with Crippen molar-refractivity contribution < 1.29 is 14.4 Å². The fourth-order valence-electron chi connectivity index (χ4n) is 3.49. The van der Waals surface area contributed by atoms with Crippen LogP contribution in [0.1, 0.15) is 18.1 Å². The predicted molar refractivity (Wildman–Crippen MR) is 109 cm³/mol. The van der Waals surface area contributed by atoms with Crippen molar-refractivity contribution in [1.82, 2.24) is 10.2 Å². The number of carbonyl (C=O) groups is 3. The van der Waals surface area contributed by atoms with Crippen LogP contribution >= 0.6 is 11.3 Å². The third-order valence-electron chi connectivity index (χ3n) is 4.94. The number of carbonyl (C=O) groups excluding carboxylic acids is 3. The predicted octanol–water partition coefficient (Wildman–Crippen LogP) is 3.18. The van der Waals surface area contributed by atoms with Crippen LogP contribution in [-0.4, -0.2) is 29.3 Å². The SMILES string of the molecule is C[C@]1(c2cccc3ccccc23)NC(=O)N(CC(=O)Nc2sccc2C#N)C1=O. The first-order valence-corrected chi connectivity index (χ1v) is 9.72. The molecule has 1 aliphatic heterocycles. The van der Waals surface area contributed by atoms with Gasteiger partial charge in [0.05, 0.1) is 5.56 Å². The number of rotatable bonds is 4. The fourth-order valence-corrected chi connectivity index (χ4v) is 4.24. The van der Waals surface area contributed by atoms with Crippen LogP contribution < -0.4 is 10.6 Å². The number of thiophene rings is 1. The summed E-state index contributed by atoms with van der Waals surface area (Å²) in [5.41, 5.74) is -0.276. The first-order chi connectivity index (χ1) is 13.9. The highest BCUT2D eigenvalue weighted by Gasteiger charge is 2.50. The third kappa shape index (κ3) is 3.11. The lowest BCUT2D eigenvalue weighted by molar-refractivity contribution is -0.133. The molecule has 0 saturated carbocycles. The molecule has 2 aromatic carbocycles. The highest BCUT2D eigenvalue weighted by Crippen LogP contribution is 2.33. The Hall–Kier alpha value is -3.70. The lowest BCUT2D eigenvalue weighted by Gasteiger charge is -2.24. The molecule has 0 aliphatic carbocycles. The minimum absolute atomic E-state index is 0.334. The van der Waals surface area contributed by atoms with E-state index in [-0.39, 0.29) is 0 Å². The van der Waals surface area contributed by atoms with E-state index in [1.807, 2.05) is 42.5 Å². The fraction of sp³-hybridized carbons (Fsp3) is 0.143. The first kappa shape index (κ1) is 18.7. The van der Waals surface area contributed by atoms with E-state index in [0.29, 0.717) is 16.1 Å². The van der Waals surface area contributed by atoms with E-state index in [0.717, 1.165) is 15.7 Å². The maximum absolute atomic E-state index is 13.2. The maximum atomic E-state index is 13.2. The van der Waals surface area contributed by atoms with Crippen LogP contribution in [0.3, 0.4) is 0 Å². The number of amides is 4. The van der Waals surface area contributed by atoms with Crippen molar-refractivity contribution >= 4 is 45.0 Å². The minimum Gasteiger partial charge on any atom is -0.319 e. The van der Waals surface area contributed by atoms with E-state index in [1.165, 1.54) is 11.3 Å². The van der Waals surface area contributed by atoms with Gasteiger partial charge in [-0.1, -0.05) is 42.5 Å². The Labute approximate surface area is 170 Å². The second-order valence-electron chi connectivity index (χ2n) is 6.80. The molecule has 3 aromatic rings. The molecule has 1 aromatic heterocycles. The normalized spacial score (nSPS) is 18.6. The number of urea groups is 1. The zero-order chi connectivity index (χ0) is 20.6. The summed E-state index contributed by atoms with van der Waals surface area (Å²) in [7, 11) is 0. The summed E-state index contributed by atoms with van der Waals surface area (Å²) in [6.07, 6.45) is 0. The van der Waals surface area contributed by atoms with Crippen molar-refractivity contribution in [3.63, 3.8) is 0 Å². The van der Waals surface area contributed by atoms with Gasteiger partial charge in [0.1, 0.15) is 23.2 Å². The Kier molecular flexibility index (Phi) is 4.53. The van der Waals surface area contributed by atoms with Crippen LogP contribution in [0.2, 0.25) is 0 Å². The Bertz CT molecular complexity index is 1190. The van der Waals surface area contributed by atoms with Gasteiger partial charge in [-0.05, 0) is 34.7 Å². The number of hydrogen-bond acceptors (Lipinski definition) is 5. The van der Waals surface area contributed by atoms with Crippen molar-refractivity contribution in [3.05, 3.63) is 65.0 Å². The summed E-state index contributed by atoms with van der Waals surface area (Å²) in [6.45, 7) is 1.20. The molecule has 144 valence electrons. The van der Waals surface area contributed by atoms with Gasteiger partial charge in [-0.15, -0.1) is 11.3 Å². The average Bonchev–Trinajstić information content (AvgIpc) is 3.25. The monoisotopic (exact) mass is 404 g/mol. The molecule has 4 rings (SSSR count). The molecule has 1 saturated heterocycles. The standard InChI is InChI=1S/C21H16N4O3S/c1-21(16-8-4-6-13-5-2-3-7-15(13)16)19(27)25(20(28)24-21)12-17(26)23-18-14(11-22)9-10-29-18/h2-10H,12H2,1H3,(H,23,26)(H,24,28)/t21-/m1/s1. The zero-order valence-corrected chi connectivity index (χ0v) is 16.2. The molecular formula is C21H16N4O3S. The molecule has 1 aliphatic rings. The van der Waals surface area contributed by atoms with Gasteiger partial charge in [-0.2, -0.15) is 5.26 Å². The van der Waals surface area contributed by atoms with Crippen molar-refractivity contribution in [2.75, 3.05) is 11.9 Å². The van der Waals surface area contributed by atoms with Gasteiger partial charge < -0.3 is 10.6 Å². The first-order valence-electron chi connectivity index (χ1n) is 8.84.